The van der Waals surface area contributed by atoms with Crippen molar-refractivity contribution >= 4 is 40.3 Å². The summed E-state index contributed by atoms with van der Waals surface area (Å²) in [5.41, 5.74) is 5.50. The van der Waals surface area contributed by atoms with Gasteiger partial charge >= 0.3 is 0 Å². The van der Waals surface area contributed by atoms with Crippen molar-refractivity contribution in [1.82, 2.24) is 4.90 Å². The Kier molecular flexibility index (Phi) is 4.36. The molecule has 0 aliphatic carbocycles. The molecule has 6 heteroatoms. The van der Waals surface area contributed by atoms with Gasteiger partial charge in [0.1, 0.15) is 0 Å². The summed E-state index contributed by atoms with van der Waals surface area (Å²) < 4.78 is 0. The lowest BCUT2D eigenvalue weighted by atomic mass is 9.95. The van der Waals surface area contributed by atoms with Gasteiger partial charge in [-0.05, 0) is 35.4 Å². The lowest BCUT2D eigenvalue weighted by molar-refractivity contribution is -0.122. The molecule has 2 amide bonds. The van der Waals surface area contributed by atoms with Gasteiger partial charge in [-0.2, -0.15) is 0 Å². The summed E-state index contributed by atoms with van der Waals surface area (Å²) in [6.45, 7) is 7.02. The molecule has 2 rings (SSSR count). The van der Waals surface area contributed by atoms with Gasteiger partial charge in [0.05, 0.1) is 4.91 Å². The molecule has 1 saturated heterocycles. The highest BCUT2D eigenvalue weighted by atomic mass is 32.2. The van der Waals surface area contributed by atoms with E-state index >= 15 is 0 Å². The Balaban J connectivity index is 2.22. The van der Waals surface area contributed by atoms with Crippen LogP contribution < -0.4 is 5.73 Å². The molecule has 1 aromatic rings. The van der Waals surface area contributed by atoms with E-state index < -0.39 is 0 Å². The summed E-state index contributed by atoms with van der Waals surface area (Å²) in [5.74, 6) is -0.240. The molecule has 1 aliphatic heterocycles. The molecule has 20 heavy (non-hydrogen) atoms. The highest BCUT2D eigenvalue weighted by molar-refractivity contribution is 8.18. The second-order valence-electron chi connectivity index (χ2n) is 5.57. The van der Waals surface area contributed by atoms with Gasteiger partial charge in [0.25, 0.3) is 11.1 Å². The number of hydrogen-bond donors (Lipinski definition) is 1. The second-order valence-corrected chi connectivity index (χ2v) is 7.68. The van der Waals surface area contributed by atoms with Crippen molar-refractivity contribution in [2.75, 3.05) is 13.1 Å². The van der Waals surface area contributed by atoms with Crippen molar-refractivity contribution in [2.24, 2.45) is 5.73 Å². The molecule has 0 spiro atoms. The minimum atomic E-state index is -0.240. The predicted molar refractivity (Wildman–Crippen MR) is 84.8 cm³/mol. The van der Waals surface area contributed by atoms with Crippen LogP contribution in [-0.2, 0) is 10.2 Å². The van der Waals surface area contributed by atoms with Gasteiger partial charge in [0.15, 0.2) is 0 Å². The van der Waals surface area contributed by atoms with Crippen molar-refractivity contribution in [1.29, 1.82) is 0 Å². The topological polar surface area (TPSA) is 63.4 Å². The molecule has 0 bridgehead atoms. The standard InChI is InChI=1S/C14H18N2O2S2/c1-14(2,3)11-5-4-9(19-11)8-10-12(17)16(7-6-15)13(18)20-10/h4-5,8H,6-7,15H2,1-3H3/b10-8+. The van der Waals surface area contributed by atoms with E-state index in [1.54, 1.807) is 17.4 Å². The number of carbonyl (C=O) groups excluding carboxylic acids is 2. The van der Waals surface area contributed by atoms with Gasteiger partial charge in [-0.1, -0.05) is 20.8 Å². The fourth-order valence-electron chi connectivity index (χ4n) is 1.78. The van der Waals surface area contributed by atoms with E-state index in [9.17, 15) is 9.59 Å². The molecule has 2 N–H and O–H groups in total. The van der Waals surface area contributed by atoms with Crippen LogP contribution >= 0.6 is 23.1 Å². The van der Waals surface area contributed by atoms with Gasteiger partial charge in [-0.25, -0.2) is 0 Å². The van der Waals surface area contributed by atoms with Crippen LogP contribution in [0.4, 0.5) is 4.79 Å². The molecule has 1 aliphatic rings. The highest BCUT2D eigenvalue weighted by Crippen LogP contribution is 2.35. The van der Waals surface area contributed by atoms with Crippen LogP contribution in [0.2, 0.25) is 0 Å². The molecule has 4 nitrogen and oxygen atoms in total. The number of nitrogens with two attached hydrogens (primary N) is 1. The summed E-state index contributed by atoms with van der Waals surface area (Å²) >= 11 is 2.63. The molecular formula is C14H18N2O2S2. The van der Waals surface area contributed by atoms with Gasteiger partial charge in [0.2, 0.25) is 0 Å². The van der Waals surface area contributed by atoms with Crippen LogP contribution in [0.25, 0.3) is 6.08 Å². The van der Waals surface area contributed by atoms with Crippen molar-refractivity contribution in [3.05, 3.63) is 26.8 Å². The number of amides is 2. The van der Waals surface area contributed by atoms with Crippen LogP contribution in [0.1, 0.15) is 30.5 Å². The van der Waals surface area contributed by atoms with E-state index in [0.717, 1.165) is 16.6 Å². The number of thioether (sulfide) groups is 1. The fourth-order valence-corrected chi connectivity index (χ4v) is 3.72. The number of thiophene rings is 1. The Hall–Kier alpha value is -1.11. The van der Waals surface area contributed by atoms with Gasteiger partial charge in [-0.3, -0.25) is 14.5 Å². The number of hydrogen-bond acceptors (Lipinski definition) is 5. The summed E-state index contributed by atoms with van der Waals surface area (Å²) in [7, 11) is 0. The number of rotatable bonds is 3. The van der Waals surface area contributed by atoms with Crippen LogP contribution in [-0.4, -0.2) is 29.1 Å². The second kappa shape index (κ2) is 5.71. The smallest absolute Gasteiger partial charge is 0.293 e. The normalized spacial score (nSPS) is 18.4. The Morgan fingerprint density at radius 2 is 2.00 bits per heavy atom. The van der Waals surface area contributed by atoms with Crippen molar-refractivity contribution in [3.63, 3.8) is 0 Å². The molecule has 2 heterocycles. The van der Waals surface area contributed by atoms with Crippen LogP contribution in [0.5, 0.6) is 0 Å². The molecule has 108 valence electrons. The monoisotopic (exact) mass is 310 g/mol. The van der Waals surface area contributed by atoms with E-state index in [2.05, 4.69) is 26.8 Å². The minimum Gasteiger partial charge on any atom is -0.329 e. The Labute approximate surface area is 127 Å². The first kappa shape index (κ1) is 15.3. The van der Waals surface area contributed by atoms with Crippen LogP contribution in [0, 0.1) is 0 Å². The molecular weight excluding hydrogens is 292 g/mol. The number of imide groups is 1. The summed E-state index contributed by atoms with van der Waals surface area (Å²) in [5, 5.41) is -0.237. The van der Waals surface area contributed by atoms with Gasteiger partial charge < -0.3 is 5.73 Å². The largest absolute Gasteiger partial charge is 0.329 e. The molecule has 0 saturated carbocycles. The zero-order chi connectivity index (χ0) is 14.9. The van der Waals surface area contributed by atoms with E-state index in [0.29, 0.717) is 11.4 Å². The molecule has 0 unspecified atom stereocenters. The average molecular weight is 310 g/mol. The van der Waals surface area contributed by atoms with Gasteiger partial charge in [-0.15, -0.1) is 11.3 Å². The van der Waals surface area contributed by atoms with E-state index in [1.807, 2.05) is 6.07 Å². The minimum absolute atomic E-state index is 0.0929. The third-order valence-corrected chi connectivity index (χ3v) is 5.23. The van der Waals surface area contributed by atoms with Crippen LogP contribution in [0.15, 0.2) is 17.0 Å². The van der Waals surface area contributed by atoms with E-state index in [-0.39, 0.29) is 23.1 Å². The fraction of sp³-hybridized carbons (Fsp3) is 0.429. The molecule has 0 aromatic carbocycles. The predicted octanol–water partition coefficient (Wildman–Crippen LogP) is 3.04. The highest BCUT2D eigenvalue weighted by Gasteiger charge is 2.34. The molecule has 1 aromatic heterocycles. The molecule has 0 atom stereocenters. The van der Waals surface area contributed by atoms with Crippen molar-refractivity contribution in [3.8, 4) is 0 Å². The lowest BCUT2D eigenvalue weighted by Gasteiger charge is -2.15. The van der Waals surface area contributed by atoms with E-state index in [4.69, 9.17) is 5.73 Å². The third-order valence-electron chi connectivity index (χ3n) is 2.87. The maximum Gasteiger partial charge on any atom is 0.293 e. The van der Waals surface area contributed by atoms with Crippen molar-refractivity contribution < 1.29 is 9.59 Å². The first-order valence-corrected chi connectivity index (χ1v) is 8.02. The van der Waals surface area contributed by atoms with E-state index in [1.165, 1.54) is 9.78 Å². The summed E-state index contributed by atoms with van der Waals surface area (Å²) in [4.78, 5) is 27.7. The quantitative estimate of drug-likeness (QED) is 0.872. The number of carbonyl (C=O) groups is 2. The first-order chi connectivity index (χ1) is 9.32. The lowest BCUT2D eigenvalue weighted by Crippen LogP contribution is -2.33. The summed E-state index contributed by atoms with van der Waals surface area (Å²) in [6.07, 6.45) is 1.79. The summed E-state index contributed by atoms with van der Waals surface area (Å²) in [6, 6.07) is 4.06. The molecule has 1 fully saturated rings. The maximum absolute atomic E-state index is 12.1. The molecule has 0 radical (unpaired) electrons. The Morgan fingerprint density at radius 1 is 1.30 bits per heavy atom. The first-order valence-electron chi connectivity index (χ1n) is 6.38. The zero-order valence-electron chi connectivity index (χ0n) is 11.8. The van der Waals surface area contributed by atoms with Gasteiger partial charge in [0, 0.05) is 22.8 Å². The zero-order valence-corrected chi connectivity index (χ0v) is 13.4. The van der Waals surface area contributed by atoms with Crippen molar-refractivity contribution in [2.45, 2.75) is 26.2 Å². The Bertz CT molecular complexity index is 570. The average Bonchev–Trinajstić information content (AvgIpc) is 2.90. The Morgan fingerprint density at radius 3 is 2.55 bits per heavy atom. The third kappa shape index (κ3) is 3.13. The SMILES string of the molecule is CC(C)(C)c1ccc(/C=C2/SC(=O)N(CCN)C2=O)s1. The number of nitrogens with zero attached hydrogens (tertiary/aromatic N) is 1. The maximum atomic E-state index is 12.1. The van der Waals surface area contributed by atoms with Crippen LogP contribution in [0.3, 0.4) is 0 Å².